The van der Waals surface area contributed by atoms with E-state index in [1.165, 1.54) is 25.7 Å². The zero-order valence-electron chi connectivity index (χ0n) is 10.8. The van der Waals surface area contributed by atoms with E-state index >= 15 is 0 Å². The molecule has 2 N–H and O–H groups in total. The van der Waals surface area contributed by atoms with Gasteiger partial charge in [-0.2, -0.15) is 0 Å². The first-order valence-electron chi connectivity index (χ1n) is 6.70. The zero-order chi connectivity index (χ0) is 12.3. The molecule has 1 saturated carbocycles. The number of rotatable bonds is 3. The lowest BCUT2D eigenvalue weighted by atomic mass is 9.79. The van der Waals surface area contributed by atoms with Crippen LogP contribution in [0.5, 0.6) is 5.75 Å². The Morgan fingerprint density at radius 1 is 1.18 bits per heavy atom. The summed E-state index contributed by atoms with van der Waals surface area (Å²) in [6.45, 7) is 4.65. The maximum absolute atomic E-state index is 9.25. The minimum absolute atomic E-state index is 0.333. The van der Waals surface area contributed by atoms with Crippen molar-refractivity contribution in [2.45, 2.75) is 45.6 Å². The third-order valence-corrected chi connectivity index (χ3v) is 3.90. The van der Waals surface area contributed by atoms with Crippen molar-refractivity contribution < 1.29 is 5.11 Å². The third kappa shape index (κ3) is 3.39. The summed E-state index contributed by atoms with van der Waals surface area (Å²) >= 11 is 0. The lowest BCUT2D eigenvalue weighted by Crippen LogP contribution is -2.29. The summed E-state index contributed by atoms with van der Waals surface area (Å²) in [6.07, 6.45) is 5.26. The summed E-state index contributed by atoms with van der Waals surface area (Å²) < 4.78 is 0. The molecule has 0 bridgehead atoms. The second-order valence-electron chi connectivity index (χ2n) is 5.56. The lowest BCUT2D eigenvalue weighted by Gasteiger charge is -2.32. The number of aromatic hydroxyl groups is 1. The van der Waals surface area contributed by atoms with E-state index in [-0.39, 0.29) is 0 Å². The number of nitrogens with one attached hydrogen (secondary N) is 1. The van der Waals surface area contributed by atoms with Crippen LogP contribution in [-0.4, -0.2) is 11.1 Å². The standard InChI is InChI=1S/C15H23NO/c1-11(2)12-4-3-5-14(10-12)16-13-6-8-15(17)9-7-13/h6-9,11-12,14,16-17H,3-5,10H2,1-2H3. The summed E-state index contributed by atoms with van der Waals surface area (Å²) in [7, 11) is 0. The monoisotopic (exact) mass is 233 g/mol. The van der Waals surface area contributed by atoms with Gasteiger partial charge in [0.1, 0.15) is 5.75 Å². The van der Waals surface area contributed by atoms with Gasteiger partial charge in [0, 0.05) is 11.7 Å². The summed E-state index contributed by atoms with van der Waals surface area (Å²) in [5.41, 5.74) is 1.12. The fourth-order valence-electron chi connectivity index (χ4n) is 2.76. The lowest BCUT2D eigenvalue weighted by molar-refractivity contribution is 0.264. The minimum atomic E-state index is 0.333. The first kappa shape index (κ1) is 12.3. The smallest absolute Gasteiger partial charge is 0.115 e. The normalized spacial score (nSPS) is 24.9. The average molecular weight is 233 g/mol. The molecular formula is C15H23NO. The fourth-order valence-corrected chi connectivity index (χ4v) is 2.76. The molecule has 1 fully saturated rings. The predicted octanol–water partition coefficient (Wildman–Crippen LogP) is 4.02. The topological polar surface area (TPSA) is 32.3 Å². The van der Waals surface area contributed by atoms with E-state index in [0.29, 0.717) is 11.8 Å². The van der Waals surface area contributed by atoms with E-state index in [9.17, 15) is 5.11 Å². The van der Waals surface area contributed by atoms with Crippen molar-refractivity contribution in [3.8, 4) is 5.75 Å². The van der Waals surface area contributed by atoms with E-state index in [1.54, 1.807) is 12.1 Å². The Kier molecular flexibility index (Phi) is 3.93. The third-order valence-electron chi connectivity index (χ3n) is 3.90. The summed E-state index contributed by atoms with van der Waals surface area (Å²) in [5, 5.41) is 12.8. The fraction of sp³-hybridized carbons (Fsp3) is 0.600. The van der Waals surface area contributed by atoms with Crippen LogP contribution >= 0.6 is 0 Å². The van der Waals surface area contributed by atoms with Gasteiger partial charge < -0.3 is 10.4 Å². The van der Waals surface area contributed by atoms with Crippen molar-refractivity contribution in [1.29, 1.82) is 0 Å². The summed E-state index contributed by atoms with van der Waals surface area (Å²) in [4.78, 5) is 0. The Morgan fingerprint density at radius 3 is 2.53 bits per heavy atom. The van der Waals surface area contributed by atoms with Crippen molar-refractivity contribution in [2.75, 3.05) is 5.32 Å². The number of hydrogen-bond acceptors (Lipinski definition) is 2. The van der Waals surface area contributed by atoms with Crippen LogP contribution in [0.3, 0.4) is 0 Å². The molecule has 17 heavy (non-hydrogen) atoms. The molecule has 2 nitrogen and oxygen atoms in total. The SMILES string of the molecule is CC(C)C1CCCC(Nc2ccc(O)cc2)C1. The van der Waals surface area contributed by atoms with E-state index < -0.39 is 0 Å². The van der Waals surface area contributed by atoms with Gasteiger partial charge in [-0.15, -0.1) is 0 Å². The van der Waals surface area contributed by atoms with Crippen molar-refractivity contribution >= 4 is 5.69 Å². The summed E-state index contributed by atoms with van der Waals surface area (Å²) in [5.74, 6) is 1.98. The van der Waals surface area contributed by atoms with Crippen LogP contribution in [0.25, 0.3) is 0 Å². The molecule has 2 unspecified atom stereocenters. The Labute approximate surface area is 104 Å². The van der Waals surface area contributed by atoms with E-state index in [0.717, 1.165) is 17.5 Å². The number of hydrogen-bond donors (Lipinski definition) is 2. The molecule has 94 valence electrons. The number of benzene rings is 1. The Bertz CT molecular complexity index is 344. The van der Waals surface area contributed by atoms with Gasteiger partial charge in [-0.05, 0) is 48.9 Å². The first-order chi connectivity index (χ1) is 8.15. The van der Waals surface area contributed by atoms with Crippen molar-refractivity contribution in [2.24, 2.45) is 11.8 Å². The maximum Gasteiger partial charge on any atom is 0.115 e. The van der Waals surface area contributed by atoms with E-state index in [2.05, 4.69) is 19.2 Å². The van der Waals surface area contributed by atoms with Gasteiger partial charge in [-0.1, -0.05) is 26.7 Å². The van der Waals surface area contributed by atoms with Crippen molar-refractivity contribution in [1.82, 2.24) is 0 Å². The van der Waals surface area contributed by atoms with E-state index in [4.69, 9.17) is 0 Å². The molecule has 0 saturated heterocycles. The molecule has 2 heteroatoms. The van der Waals surface area contributed by atoms with E-state index in [1.807, 2.05) is 12.1 Å². The molecule has 2 atom stereocenters. The second kappa shape index (κ2) is 5.44. The molecule has 0 aliphatic heterocycles. The van der Waals surface area contributed by atoms with Gasteiger partial charge in [0.2, 0.25) is 0 Å². The van der Waals surface area contributed by atoms with Crippen LogP contribution in [0.15, 0.2) is 24.3 Å². The van der Waals surface area contributed by atoms with Crippen LogP contribution in [0, 0.1) is 11.8 Å². The quantitative estimate of drug-likeness (QED) is 0.773. The van der Waals surface area contributed by atoms with Crippen molar-refractivity contribution in [3.63, 3.8) is 0 Å². The largest absolute Gasteiger partial charge is 0.508 e. The number of phenolic OH excluding ortho intramolecular Hbond substituents is 1. The highest BCUT2D eigenvalue weighted by atomic mass is 16.3. The molecule has 1 aromatic carbocycles. The van der Waals surface area contributed by atoms with Gasteiger partial charge in [0.05, 0.1) is 0 Å². The minimum Gasteiger partial charge on any atom is -0.508 e. The molecule has 1 aliphatic rings. The Hall–Kier alpha value is -1.18. The molecule has 0 aromatic heterocycles. The first-order valence-corrected chi connectivity index (χ1v) is 6.70. The number of anilines is 1. The van der Waals surface area contributed by atoms with Crippen LogP contribution < -0.4 is 5.32 Å². The van der Waals surface area contributed by atoms with Crippen LogP contribution in [0.2, 0.25) is 0 Å². The molecule has 1 aliphatic carbocycles. The highest BCUT2D eigenvalue weighted by Gasteiger charge is 2.23. The average Bonchev–Trinajstić information content (AvgIpc) is 2.32. The molecule has 0 radical (unpaired) electrons. The van der Waals surface area contributed by atoms with Gasteiger partial charge in [-0.25, -0.2) is 0 Å². The van der Waals surface area contributed by atoms with Crippen LogP contribution in [-0.2, 0) is 0 Å². The Morgan fingerprint density at radius 2 is 1.88 bits per heavy atom. The zero-order valence-corrected chi connectivity index (χ0v) is 10.8. The van der Waals surface area contributed by atoms with Gasteiger partial charge in [0.25, 0.3) is 0 Å². The van der Waals surface area contributed by atoms with Gasteiger partial charge >= 0.3 is 0 Å². The van der Waals surface area contributed by atoms with Gasteiger partial charge in [0.15, 0.2) is 0 Å². The molecule has 0 spiro atoms. The van der Waals surface area contributed by atoms with Crippen molar-refractivity contribution in [3.05, 3.63) is 24.3 Å². The maximum atomic E-state index is 9.25. The highest BCUT2D eigenvalue weighted by Crippen LogP contribution is 2.31. The molecule has 0 amide bonds. The van der Waals surface area contributed by atoms with Crippen LogP contribution in [0.1, 0.15) is 39.5 Å². The predicted molar refractivity (Wildman–Crippen MR) is 72.3 cm³/mol. The Balaban J connectivity index is 1.92. The molecule has 2 rings (SSSR count). The molecular weight excluding hydrogens is 210 g/mol. The highest BCUT2D eigenvalue weighted by molar-refractivity contribution is 5.46. The molecule has 1 aromatic rings. The van der Waals surface area contributed by atoms with Crippen LogP contribution in [0.4, 0.5) is 5.69 Å². The second-order valence-corrected chi connectivity index (χ2v) is 5.56. The van der Waals surface area contributed by atoms with Gasteiger partial charge in [-0.3, -0.25) is 0 Å². The number of phenols is 1. The molecule has 0 heterocycles. The summed E-state index contributed by atoms with van der Waals surface area (Å²) in [6, 6.07) is 7.99.